The SMILES string of the molecule is Cc1ccc(COCC(=O)NN)o1. The first kappa shape index (κ1) is 9.76. The van der Waals surface area contributed by atoms with Gasteiger partial charge in [-0.05, 0) is 19.1 Å². The predicted molar refractivity (Wildman–Crippen MR) is 45.4 cm³/mol. The first-order valence-electron chi connectivity index (χ1n) is 3.85. The lowest BCUT2D eigenvalue weighted by Crippen LogP contribution is -2.33. The molecule has 0 unspecified atom stereocenters. The maximum Gasteiger partial charge on any atom is 0.259 e. The van der Waals surface area contributed by atoms with E-state index in [4.69, 9.17) is 15.0 Å². The van der Waals surface area contributed by atoms with Crippen LogP contribution in [0.1, 0.15) is 11.5 Å². The molecule has 0 aliphatic heterocycles. The van der Waals surface area contributed by atoms with E-state index in [1.165, 1.54) is 0 Å². The summed E-state index contributed by atoms with van der Waals surface area (Å²) in [6.45, 7) is 2.06. The molecule has 1 amide bonds. The van der Waals surface area contributed by atoms with Gasteiger partial charge in [0.2, 0.25) is 0 Å². The summed E-state index contributed by atoms with van der Waals surface area (Å²) in [6.07, 6.45) is 0. The van der Waals surface area contributed by atoms with Crippen molar-refractivity contribution in [3.8, 4) is 0 Å². The van der Waals surface area contributed by atoms with E-state index in [1.807, 2.05) is 18.4 Å². The Labute approximate surface area is 75.8 Å². The molecule has 1 aromatic rings. The average Bonchev–Trinajstić information content (AvgIpc) is 2.51. The molecule has 1 aromatic heterocycles. The van der Waals surface area contributed by atoms with Crippen molar-refractivity contribution in [2.24, 2.45) is 5.84 Å². The number of furan rings is 1. The second-order valence-corrected chi connectivity index (χ2v) is 2.57. The van der Waals surface area contributed by atoms with E-state index in [9.17, 15) is 4.79 Å². The summed E-state index contributed by atoms with van der Waals surface area (Å²) in [4.78, 5) is 10.6. The first-order valence-corrected chi connectivity index (χ1v) is 3.85. The molecule has 5 heteroatoms. The third-order valence-electron chi connectivity index (χ3n) is 1.43. The Hall–Kier alpha value is -1.33. The minimum Gasteiger partial charge on any atom is -0.464 e. The molecule has 0 bridgehead atoms. The fourth-order valence-corrected chi connectivity index (χ4v) is 0.849. The van der Waals surface area contributed by atoms with Crippen LogP contribution in [0.5, 0.6) is 0 Å². The molecule has 0 spiro atoms. The van der Waals surface area contributed by atoms with Gasteiger partial charge < -0.3 is 9.15 Å². The quantitative estimate of drug-likeness (QED) is 0.395. The van der Waals surface area contributed by atoms with E-state index in [1.54, 1.807) is 6.07 Å². The number of amides is 1. The van der Waals surface area contributed by atoms with Crippen molar-refractivity contribution in [1.82, 2.24) is 5.43 Å². The highest BCUT2D eigenvalue weighted by Crippen LogP contribution is 2.06. The molecular weight excluding hydrogens is 172 g/mol. The van der Waals surface area contributed by atoms with Crippen LogP contribution < -0.4 is 11.3 Å². The van der Waals surface area contributed by atoms with Crippen molar-refractivity contribution in [3.63, 3.8) is 0 Å². The van der Waals surface area contributed by atoms with Gasteiger partial charge in [0.25, 0.3) is 5.91 Å². The van der Waals surface area contributed by atoms with Crippen LogP contribution in [0.4, 0.5) is 0 Å². The van der Waals surface area contributed by atoms with Crippen LogP contribution in [-0.4, -0.2) is 12.5 Å². The maximum absolute atomic E-state index is 10.6. The Bertz CT molecular complexity index is 283. The van der Waals surface area contributed by atoms with E-state index in [2.05, 4.69) is 0 Å². The molecule has 0 aromatic carbocycles. The molecule has 13 heavy (non-hydrogen) atoms. The lowest BCUT2D eigenvalue weighted by Gasteiger charge is -1.99. The van der Waals surface area contributed by atoms with Gasteiger partial charge in [-0.1, -0.05) is 0 Å². The van der Waals surface area contributed by atoms with Crippen LogP contribution >= 0.6 is 0 Å². The Morgan fingerprint density at radius 3 is 3.00 bits per heavy atom. The molecule has 0 aliphatic carbocycles. The molecular formula is C8H12N2O3. The van der Waals surface area contributed by atoms with Crippen LogP contribution in [-0.2, 0) is 16.1 Å². The van der Waals surface area contributed by atoms with E-state index in [0.29, 0.717) is 5.76 Å². The van der Waals surface area contributed by atoms with Crippen LogP contribution in [0.25, 0.3) is 0 Å². The average molecular weight is 184 g/mol. The Kier molecular flexibility index (Phi) is 3.48. The van der Waals surface area contributed by atoms with Gasteiger partial charge in [-0.3, -0.25) is 10.2 Å². The van der Waals surface area contributed by atoms with Crippen LogP contribution in [0.15, 0.2) is 16.5 Å². The van der Waals surface area contributed by atoms with Gasteiger partial charge in [-0.25, -0.2) is 5.84 Å². The number of nitrogens with one attached hydrogen (secondary N) is 1. The lowest BCUT2D eigenvalue weighted by atomic mass is 10.4. The number of rotatable bonds is 4. The van der Waals surface area contributed by atoms with Gasteiger partial charge >= 0.3 is 0 Å². The van der Waals surface area contributed by atoms with E-state index in [-0.39, 0.29) is 19.1 Å². The fourth-order valence-electron chi connectivity index (χ4n) is 0.849. The summed E-state index contributed by atoms with van der Waals surface area (Å²) in [6, 6.07) is 3.64. The number of aryl methyl sites for hydroxylation is 1. The third kappa shape index (κ3) is 3.27. The normalized spacial score (nSPS) is 10.0. The molecule has 0 fully saturated rings. The number of carbonyl (C=O) groups excluding carboxylic acids is 1. The summed E-state index contributed by atoms with van der Waals surface area (Å²) in [7, 11) is 0. The highest BCUT2D eigenvalue weighted by Gasteiger charge is 2.01. The second-order valence-electron chi connectivity index (χ2n) is 2.57. The standard InChI is InChI=1S/C8H12N2O3/c1-6-2-3-7(13-6)4-12-5-8(11)10-9/h2-3H,4-5,9H2,1H3,(H,10,11). The number of ether oxygens (including phenoxy) is 1. The molecule has 0 aliphatic rings. The van der Waals surface area contributed by atoms with Crippen molar-refractivity contribution >= 4 is 5.91 Å². The molecule has 5 nitrogen and oxygen atoms in total. The molecule has 0 saturated carbocycles. The van der Waals surface area contributed by atoms with E-state index < -0.39 is 0 Å². The highest BCUT2D eigenvalue weighted by molar-refractivity contribution is 5.76. The zero-order valence-electron chi connectivity index (χ0n) is 7.37. The summed E-state index contributed by atoms with van der Waals surface area (Å²) in [5.41, 5.74) is 1.96. The van der Waals surface area contributed by atoms with Crippen LogP contribution in [0, 0.1) is 6.92 Å². The number of hydrogen-bond donors (Lipinski definition) is 2. The van der Waals surface area contributed by atoms with Crippen LogP contribution in [0.3, 0.4) is 0 Å². The van der Waals surface area contributed by atoms with Gasteiger partial charge in [0.05, 0.1) is 0 Å². The number of hydrazine groups is 1. The minimum atomic E-state index is -0.358. The molecule has 72 valence electrons. The Morgan fingerprint density at radius 1 is 1.69 bits per heavy atom. The molecule has 0 atom stereocenters. The van der Waals surface area contributed by atoms with Crippen molar-refractivity contribution in [1.29, 1.82) is 0 Å². The molecule has 0 radical (unpaired) electrons. The monoisotopic (exact) mass is 184 g/mol. The second kappa shape index (κ2) is 4.64. The summed E-state index contributed by atoms with van der Waals surface area (Å²) >= 11 is 0. The molecule has 3 N–H and O–H groups in total. The van der Waals surface area contributed by atoms with Crippen molar-refractivity contribution in [2.75, 3.05) is 6.61 Å². The van der Waals surface area contributed by atoms with Gasteiger partial charge in [0, 0.05) is 0 Å². The minimum absolute atomic E-state index is 0.0593. The summed E-state index contributed by atoms with van der Waals surface area (Å²) in [5, 5.41) is 0. The molecule has 1 rings (SSSR count). The fraction of sp³-hybridized carbons (Fsp3) is 0.375. The Balaban J connectivity index is 2.24. The largest absolute Gasteiger partial charge is 0.464 e. The highest BCUT2D eigenvalue weighted by atomic mass is 16.5. The van der Waals surface area contributed by atoms with E-state index in [0.717, 1.165) is 5.76 Å². The zero-order chi connectivity index (χ0) is 9.68. The van der Waals surface area contributed by atoms with Crippen molar-refractivity contribution in [2.45, 2.75) is 13.5 Å². The number of hydrogen-bond acceptors (Lipinski definition) is 4. The maximum atomic E-state index is 10.6. The first-order chi connectivity index (χ1) is 6.22. The van der Waals surface area contributed by atoms with E-state index >= 15 is 0 Å². The molecule has 1 heterocycles. The molecule has 0 saturated heterocycles. The zero-order valence-corrected chi connectivity index (χ0v) is 7.37. The van der Waals surface area contributed by atoms with Gasteiger partial charge in [-0.2, -0.15) is 0 Å². The van der Waals surface area contributed by atoms with Crippen molar-refractivity contribution < 1.29 is 13.9 Å². The summed E-state index contributed by atoms with van der Waals surface area (Å²) in [5.74, 6) is 6.01. The topological polar surface area (TPSA) is 77.5 Å². The van der Waals surface area contributed by atoms with Crippen LogP contribution in [0.2, 0.25) is 0 Å². The van der Waals surface area contributed by atoms with Gasteiger partial charge in [-0.15, -0.1) is 0 Å². The third-order valence-corrected chi connectivity index (χ3v) is 1.43. The van der Waals surface area contributed by atoms with Crippen molar-refractivity contribution in [3.05, 3.63) is 23.7 Å². The lowest BCUT2D eigenvalue weighted by molar-refractivity contribution is -0.126. The smallest absolute Gasteiger partial charge is 0.259 e. The number of carbonyl (C=O) groups is 1. The van der Waals surface area contributed by atoms with Gasteiger partial charge in [0.1, 0.15) is 24.7 Å². The Morgan fingerprint density at radius 2 is 2.46 bits per heavy atom. The van der Waals surface area contributed by atoms with Gasteiger partial charge in [0.15, 0.2) is 0 Å². The summed E-state index contributed by atoms with van der Waals surface area (Å²) < 4.78 is 10.2. The number of nitrogens with two attached hydrogens (primary N) is 1. The predicted octanol–water partition coefficient (Wildman–Crippen LogP) is 0.0945.